The van der Waals surface area contributed by atoms with E-state index in [4.69, 9.17) is 4.74 Å². The van der Waals surface area contributed by atoms with Crippen LogP contribution in [0.25, 0.3) is 0 Å². The van der Waals surface area contributed by atoms with Gasteiger partial charge in [0, 0.05) is 0 Å². The smallest absolute Gasteiger partial charge is 0.246 e. The molecule has 0 aliphatic carbocycles. The van der Waals surface area contributed by atoms with E-state index in [9.17, 15) is 4.79 Å². The molecule has 1 N–H and O–H groups in total. The molecule has 1 fully saturated rings. The second-order valence-electron chi connectivity index (χ2n) is 5.02. The molecule has 4 heteroatoms. The van der Waals surface area contributed by atoms with E-state index in [2.05, 4.69) is 12.2 Å². The van der Waals surface area contributed by atoms with E-state index in [1.165, 1.54) is 0 Å². The third-order valence-corrected chi connectivity index (χ3v) is 3.63. The maximum Gasteiger partial charge on any atom is 0.246 e. The third-order valence-electron chi connectivity index (χ3n) is 3.63. The summed E-state index contributed by atoms with van der Waals surface area (Å²) in [5.74, 6) is 0.122. The van der Waals surface area contributed by atoms with Crippen molar-refractivity contribution in [3.63, 3.8) is 0 Å². The maximum absolute atomic E-state index is 12.0. The van der Waals surface area contributed by atoms with Gasteiger partial charge < -0.3 is 15.0 Å². The van der Waals surface area contributed by atoms with Crippen LogP contribution < -0.4 is 10.2 Å². The van der Waals surface area contributed by atoms with Gasteiger partial charge in [0.15, 0.2) is 0 Å². The molecule has 0 spiro atoms. The predicted molar refractivity (Wildman–Crippen MR) is 70.9 cm³/mol. The normalized spacial score (nSPS) is 26.9. The number of nitrogens with one attached hydrogen (secondary N) is 1. The number of amides is 1. The van der Waals surface area contributed by atoms with Gasteiger partial charge in [-0.25, -0.2) is 0 Å². The van der Waals surface area contributed by atoms with Crippen LogP contribution in [0.4, 0.5) is 11.4 Å². The fourth-order valence-corrected chi connectivity index (χ4v) is 2.68. The van der Waals surface area contributed by atoms with Crippen molar-refractivity contribution in [3.8, 4) is 0 Å². The van der Waals surface area contributed by atoms with E-state index < -0.39 is 0 Å². The van der Waals surface area contributed by atoms with Gasteiger partial charge in [-0.3, -0.25) is 4.79 Å². The number of para-hydroxylation sites is 2. The lowest BCUT2D eigenvalue weighted by Gasteiger charge is -2.31. The third kappa shape index (κ3) is 2.08. The predicted octanol–water partition coefficient (Wildman–Crippen LogP) is 2.01. The lowest BCUT2D eigenvalue weighted by molar-refractivity contribution is -0.117. The molecule has 2 unspecified atom stereocenters. The number of carbonyl (C=O) groups is 1. The first kappa shape index (κ1) is 11.5. The molecular weight excluding hydrogens is 228 g/mol. The highest BCUT2D eigenvalue weighted by Crippen LogP contribution is 2.30. The number of hydrogen-bond acceptors (Lipinski definition) is 3. The topological polar surface area (TPSA) is 41.6 Å². The van der Waals surface area contributed by atoms with Crippen LogP contribution in [0.5, 0.6) is 0 Å². The van der Waals surface area contributed by atoms with Crippen molar-refractivity contribution < 1.29 is 9.53 Å². The fourth-order valence-electron chi connectivity index (χ4n) is 2.68. The summed E-state index contributed by atoms with van der Waals surface area (Å²) >= 11 is 0. The summed E-state index contributed by atoms with van der Waals surface area (Å²) in [5, 5.41) is 3.14. The number of ether oxygens (including phenoxy) is 1. The van der Waals surface area contributed by atoms with Crippen molar-refractivity contribution >= 4 is 17.3 Å². The van der Waals surface area contributed by atoms with E-state index >= 15 is 0 Å². The van der Waals surface area contributed by atoms with Gasteiger partial charge in [0.05, 0.1) is 36.7 Å². The molecule has 2 aliphatic heterocycles. The molecule has 0 bridgehead atoms. The summed E-state index contributed by atoms with van der Waals surface area (Å²) in [6.07, 6.45) is 2.63. The molecule has 1 aromatic carbocycles. The first-order valence-corrected chi connectivity index (χ1v) is 6.53. The van der Waals surface area contributed by atoms with Crippen LogP contribution in [0.15, 0.2) is 24.3 Å². The highest BCUT2D eigenvalue weighted by atomic mass is 16.5. The molecule has 1 saturated heterocycles. The summed E-state index contributed by atoms with van der Waals surface area (Å²) < 4.78 is 5.81. The molecule has 1 amide bonds. The average Bonchev–Trinajstić information content (AvgIpc) is 2.79. The molecule has 3 rings (SSSR count). The van der Waals surface area contributed by atoms with Crippen LogP contribution in [0.3, 0.4) is 0 Å². The quantitative estimate of drug-likeness (QED) is 0.868. The zero-order chi connectivity index (χ0) is 12.5. The van der Waals surface area contributed by atoms with Crippen LogP contribution in [0, 0.1) is 0 Å². The summed E-state index contributed by atoms with van der Waals surface area (Å²) in [6.45, 7) is 3.13. The number of nitrogens with zero attached hydrogens (tertiary/aromatic N) is 1. The highest BCUT2D eigenvalue weighted by molar-refractivity contribution is 6.02. The van der Waals surface area contributed by atoms with Crippen LogP contribution >= 0.6 is 0 Å². The minimum Gasteiger partial charge on any atom is -0.374 e. The summed E-state index contributed by atoms with van der Waals surface area (Å²) in [4.78, 5) is 13.9. The molecule has 2 aliphatic rings. The SMILES string of the molecule is CC1CCC(CN2C(=O)CNc3ccccc32)O1. The summed E-state index contributed by atoms with van der Waals surface area (Å²) in [5.41, 5.74) is 2.00. The van der Waals surface area contributed by atoms with Crippen LogP contribution in [0.2, 0.25) is 0 Å². The Labute approximate surface area is 107 Å². The zero-order valence-corrected chi connectivity index (χ0v) is 10.6. The first-order valence-electron chi connectivity index (χ1n) is 6.53. The Morgan fingerprint density at radius 2 is 2.22 bits per heavy atom. The standard InChI is InChI=1S/C14H18N2O2/c1-10-6-7-11(18-10)9-16-13-5-3-2-4-12(13)15-8-14(16)17/h2-5,10-11,15H,6-9H2,1H3. The number of anilines is 2. The van der Waals surface area contributed by atoms with Gasteiger partial charge in [-0.15, -0.1) is 0 Å². The Morgan fingerprint density at radius 1 is 1.39 bits per heavy atom. The molecular formula is C14H18N2O2. The van der Waals surface area contributed by atoms with E-state index in [1.54, 1.807) is 0 Å². The molecule has 1 aromatic rings. The lowest BCUT2D eigenvalue weighted by Crippen LogP contribution is -2.44. The largest absolute Gasteiger partial charge is 0.374 e. The van der Waals surface area contributed by atoms with Gasteiger partial charge in [-0.2, -0.15) is 0 Å². The van der Waals surface area contributed by atoms with Crippen LogP contribution in [-0.2, 0) is 9.53 Å². The van der Waals surface area contributed by atoms with Gasteiger partial charge in [0.25, 0.3) is 0 Å². The second kappa shape index (κ2) is 4.61. The molecule has 18 heavy (non-hydrogen) atoms. The van der Waals surface area contributed by atoms with E-state index in [1.807, 2.05) is 29.2 Å². The number of hydrogen-bond donors (Lipinski definition) is 1. The zero-order valence-electron chi connectivity index (χ0n) is 10.6. The number of rotatable bonds is 2. The number of fused-ring (bicyclic) bond motifs is 1. The highest BCUT2D eigenvalue weighted by Gasteiger charge is 2.29. The molecule has 0 aromatic heterocycles. The first-order chi connectivity index (χ1) is 8.74. The fraction of sp³-hybridized carbons (Fsp3) is 0.500. The Hall–Kier alpha value is -1.55. The van der Waals surface area contributed by atoms with Gasteiger partial charge in [-0.1, -0.05) is 12.1 Å². The summed E-state index contributed by atoms with van der Waals surface area (Å²) in [7, 11) is 0. The lowest BCUT2D eigenvalue weighted by atomic mass is 10.1. The summed E-state index contributed by atoms with van der Waals surface area (Å²) in [6, 6.07) is 7.93. The maximum atomic E-state index is 12.0. The average molecular weight is 246 g/mol. The van der Waals surface area contributed by atoms with Crippen molar-refractivity contribution in [1.82, 2.24) is 0 Å². The van der Waals surface area contributed by atoms with Crippen LogP contribution in [-0.4, -0.2) is 31.2 Å². The van der Waals surface area contributed by atoms with Gasteiger partial charge in [0.2, 0.25) is 5.91 Å². The minimum atomic E-state index is 0.122. The number of benzene rings is 1. The van der Waals surface area contributed by atoms with E-state index in [0.29, 0.717) is 19.2 Å². The molecule has 2 atom stereocenters. The van der Waals surface area contributed by atoms with Crippen molar-refractivity contribution in [2.24, 2.45) is 0 Å². The Kier molecular flexibility index (Phi) is 2.96. The molecule has 2 heterocycles. The molecule has 4 nitrogen and oxygen atoms in total. The van der Waals surface area contributed by atoms with Crippen molar-refractivity contribution in [1.29, 1.82) is 0 Å². The Balaban J connectivity index is 1.80. The Morgan fingerprint density at radius 3 is 3.00 bits per heavy atom. The molecule has 0 saturated carbocycles. The Bertz CT molecular complexity index is 461. The van der Waals surface area contributed by atoms with Crippen molar-refractivity contribution in [2.75, 3.05) is 23.3 Å². The van der Waals surface area contributed by atoms with Crippen molar-refractivity contribution in [3.05, 3.63) is 24.3 Å². The second-order valence-corrected chi connectivity index (χ2v) is 5.02. The number of carbonyl (C=O) groups excluding carboxylic acids is 1. The molecule has 96 valence electrons. The van der Waals surface area contributed by atoms with E-state index in [-0.39, 0.29) is 12.0 Å². The van der Waals surface area contributed by atoms with Crippen LogP contribution in [0.1, 0.15) is 19.8 Å². The van der Waals surface area contributed by atoms with Gasteiger partial charge in [0.1, 0.15) is 0 Å². The molecule has 0 radical (unpaired) electrons. The minimum absolute atomic E-state index is 0.122. The van der Waals surface area contributed by atoms with Gasteiger partial charge in [-0.05, 0) is 31.9 Å². The van der Waals surface area contributed by atoms with Crippen molar-refractivity contribution in [2.45, 2.75) is 32.0 Å². The monoisotopic (exact) mass is 246 g/mol. The van der Waals surface area contributed by atoms with Gasteiger partial charge >= 0.3 is 0 Å². The van der Waals surface area contributed by atoms with E-state index in [0.717, 1.165) is 24.2 Å².